The molecule has 0 spiro atoms. The Morgan fingerprint density at radius 1 is 1.03 bits per heavy atom. The highest BCUT2D eigenvalue weighted by molar-refractivity contribution is 6.05. The Hall–Kier alpha value is -3.80. The average molecular weight is 472 g/mol. The standard InChI is InChI=1S/C29H33N3O3/c1-20(2)23-11-9-22(10-12-23)19-31-15-6-16-32(29(31)34)26-18-25(13-14-27(26)35-4)30-28(33)24-8-5-7-21(3)17-24/h5,7-14,17-18,20H,6,15-16,19H2,1-4H3,(H,30,33). The number of carbonyl (C=O) groups excluding carboxylic acids is 2. The molecule has 0 radical (unpaired) electrons. The predicted molar refractivity (Wildman–Crippen MR) is 140 cm³/mol. The molecule has 3 aromatic carbocycles. The first-order valence-corrected chi connectivity index (χ1v) is 12.1. The number of ether oxygens (including phenoxy) is 1. The molecule has 1 aliphatic heterocycles. The maximum atomic E-state index is 13.5. The van der Waals surface area contributed by atoms with E-state index in [9.17, 15) is 9.59 Å². The molecular weight excluding hydrogens is 438 g/mol. The Kier molecular flexibility index (Phi) is 7.39. The monoisotopic (exact) mass is 471 g/mol. The number of hydrogen-bond acceptors (Lipinski definition) is 3. The molecule has 0 atom stereocenters. The predicted octanol–water partition coefficient (Wildman–Crippen LogP) is 6.21. The molecule has 1 saturated heterocycles. The highest BCUT2D eigenvalue weighted by Gasteiger charge is 2.29. The Morgan fingerprint density at radius 2 is 1.80 bits per heavy atom. The first-order valence-electron chi connectivity index (χ1n) is 12.1. The maximum Gasteiger partial charge on any atom is 0.324 e. The highest BCUT2D eigenvalue weighted by Crippen LogP contribution is 2.34. The van der Waals surface area contributed by atoms with Gasteiger partial charge in [-0.1, -0.05) is 55.8 Å². The van der Waals surface area contributed by atoms with Crippen LogP contribution >= 0.6 is 0 Å². The van der Waals surface area contributed by atoms with Gasteiger partial charge in [0.15, 0.2) is 0 Å². The molecule has 1 fully saturated rings. The number of aryl methyl sites for hydroxylation is 1. The van der Waals surface area contributed by atoms with E-state index < -0.39 is 0 Å². The van der Waals surface area contributed by atoms with Crippen molar-refractivity contribution in [1.82, 2.24) is 4.90 Å². The van der Waals surface area contributed by atoms with Crippen molar-refractivity contribution in [3.8, 4) is 5.75 Å². The molecule has 1 N–H and O–H groups in total. The van der Waals surface area contributed by atoms with Crippen LogP contribution in [0.3, 0.4) is 0 Å². The lowest BCUT2D eigenvalue weighted by molar-refractivity contribution is 0.102. The SMILES string of the molecule is COc1ccc(NC(=O)c2cccc(C)c2)cc1N1CCCN(Cc2ccc(C(C)C)cc2)C1=O. The summed E-state index contributed by atoms with van der Waals surface area (Å²) in [5.74, 6) is 0.874. The van der Waals surface area contributed by atoms with Crippen LogP contribution in [0.4, 0.5) is 16.2 Å². The average Bonchev–Trinajstić information content (AvgIpc) is 2.85. The van der Waals surface area contributed by atoms with Gasteiger partial charge < -0.3 is 15.0 Å². The third kappa shape index (κ3) is 5.65. The molecule has 3 aromatic rings. The minimum absolute atomic E-state index is 0.0651. The number of carbonyl (C=O) groups is 2. The second kappa shape index (κ2) is 10.6. The van der Waals surface area contributed by atoms with Crippen molar-refractivity contribution in [2.45, 2.75) is 39.7 Å². The van der Waals surface area contributed by atoms with E-state index in [1.54, 1.807) is 30.2 Å². The molecule has 0 unspecified atom stereocenters. The van der Waals surface area contributed by atoms with Crippen LogP contribution in [0, 0.1) is 6.92 Å². The number of hydrogen-bond donors (Lipinski definition) is 1. The van der Waals surface area contributed by atoms with Crippen molar-refractivity contribution >= 4 is 23.3 Å². The first kappa shape index (κ1) is 24.3. The van der Waals surface area contributed by atoms with Crippen LogP contribution in [-0.2, 0) is 6.54 Å². The second-order valence-corrected chi connectivity index (χ2v) is 9.32. The smallest absolute Gasteiger partial charge is 0.324 e. The summed E-state index contributed by atoms with van der Waals surface area (Å²) in [4.78, 5) is 29.8. The van der Waals surface area contributed by atoms with Crippen molar-refractivity contribution in [1.29, 1.82) is 0 Å². The summed E-state index contributed by atoms with van der Waals surface area (Å²) >= 11 is 0. The number of urea groups is 1. The first-order chi connectivity index (χ1) is 16.9. The summed E-state index contributed by atoms with van der Waals surface area (Å²) in [6, 6.07) is 21.2. The van der Waals surface area contributed by atoms with Gasteiger partial charge in [0.1, 0.15) is 5.75 Å². The number of benzene rings is 3. The van der Waals surface area contributed by atoms with Gasteiger partial charge in [0.2, 0.25) is 0 Å². The summed E-state index contributed by atoms with van der Waals surface area (Å²) in [5.41, 5.74) is 5.27. The van der Waals surface area contributed by atoms with E-state index in [1.807, 2.05) is 36.1 Å². The Labute approximate surface area is 207 Å². The van der Waals surface area contributed by atoms with E-state index in [-0.39, 0.29) is 11.9 Å². The fraction of sp³-hybridized carbons (Fsp3) is 0.310. The molecule has 4 rings (SSSR count). The van der Waals surface area contributed by atoms with Gasteiger partial charge >= 0.3 is 6.03 Å². The Balaban J connectivity index is 1.53. The van der Waals surface area contributed by atoms with Crippen LogP contribution in [0.1, 0.15) is 53.2 Å². The molecule has 0 bridgehead atoms. The van der Waals surface area contributed by atoms with Gasteiger partial charge in [-0.2, -0.15) is 0 Å². The molecule has 6 heteroatoms. The zero-order chi connectivity index (χ0) is 24.9. The van der Waals surface area contributed by atoms with Crippen LogP contribution in [0.2, 0.25) is 0 Å². The lowest BCUT2D eigenvalue weighted by Crippen LogP contribution is -2.49. The van der Waals surface area contributed by atoms with Crippen molar-refractivity contribution in [3.05, 3.63) is 89.0 Å². The van der Waals surface area contributed by atoms with Crippen molar-refractivity contribution < 1.29 is 14.3 Å². The lowest BCUT2D eigenvalue weighted by atomic mass is 10.0. The van der Waals surface area contributed by atoms with E-state index >= 15 is 0 Å². The van der Waals surface area contributed by atoms with E-state index in [1.165, 1.54) is 5.56 Å². The minimum Gasteiger partial charge on any atom is -0.495 e. The summed E-state index contributed by atoms with van der Waals surface area (Å²) in [7, 11) is 1.59. The summed E-state index contributed by atoms with van der Waals surface area (Å²) < 4.78 is 5.57. The third-order valence-corrected chi connectivity index (χ3v) is 6.34. The van der Waals surface area contributed by atoms with Gasteiger partial charge in [0.05, 0.1) is 12.8 Å². The van der Waals surface area contributed by atoms with Gasteiger partial charge in [-0.25, -0.2) is 4.79 Å². The van der Waals surface area contributed by atoms with Gasteiger partial charge in [-0.15, -0.1) is 0 Å². The quantitative estimate of drug-likeness (QED) is 0.445. The number of rotatable bonds is 7. The molecule has 35 heavy (non-hydrogen) atoms. The van der Waals surface area contributed by atoms with Crippen LogP contribution in [-0.4, -0.2) is 37.0 Å². The molecule has 0 aromatic heterocycles. The van der Waals surface area contributed by atoms with Gasteiger partial charge in [-0.3, -0.25) is 9.69 Å². The van der Waals surface area contributed by atoms with Crippen molar-refractivity contribution in [2.24, 2.45) is 0 Å². The molecule has 1 aliphatic rings. The Morgan fingerprint density at radius 3 is 2.49 bits per heavy atom. The lowest BCUT2D eigenvalue weighted by Gasteiger charge is -2.36. The fourth-order valence-electron chi connectivity index (χ4n) is 4.35. The molecule has 6 nitrogen and oxygen atoms in total. The molecular formula is C29H33N3O3. The minimum atomic E-state index is -0.193. The number of nitrogens with zero attached hydrogens (tertiary/aromatic N) is 2. The van der Waals surface area contributed by atoms with E-state index in [2.05, 4.69) is 43.4 Å². The summed E-state index contributed by atoms with van der Waals surface area (Å²) in [6.45, 7) is 8.15. The van der Waals surface area contributed by atoms with Crippen molar-refractivity contribution in [3.63, 3.8) is 0 Å². The third-order valence-electron chi connectivity index (χ3n) is 6.34. The molecule has 1 heterocycles. The zero-order valence-corrected chi connectivity index (χ0v) is 20.9. The topological polar surface area (TPSA) is 61.9 Å². The normalized spacial score (nSPS) is 13.8. The van der Waals surface area contributed by atoms with E-state index in [0.717, 1.165) is 17.5 Å². The maximum absolute atomic E-state index is 13.5. The van der Waals surface area contributed by atoms with Gasteiger partial charge in [-0.05, 0) is 60.7 Å². The molecule has 0 saturated carbocycles. The van der Waals surface area contributed by atoms with E-state index in [0.29, 0.717) is 48.2 Å². The zero-order valence-electron chi connectivity index (χ0n) is 20.9. The molecule has 3 amide bonds. The van der Waals surface area contributed by atoms with Gasteiger partial charge in [0.25, 0.3) is 5.91 Å². The van der Waals surface area contributed by atoms with Crippen LogP contribution in [0.15, 0.2) is 66.7 Å². The number of methoxy groups -OCH3 is 1. The highest BCUT2D eigenvalue weighted by atomic mass is 16.5. The molecule has 0 aliphatic carbocycles. The number of amides is 3. The van der Waals surface area contributed by atoms with E-state index in [4.69, 9.17) is 4.74 Å². The van der Waals surface area contributed by atoms with Gasteiger partial charge in [0, 0.05) is 30.9 Å². The summed E-state index contributed by atoms with van der Waals surface area (Å²) in [5, 5.41) is 2.95. The molecule has 182 valence electrons. The van der Waals surface area contributed by atoms with Crippen LogP contribution < -0.4 is 15.0 Å². The Bertz CT molecular complexity index is 1200. The van der Waals surface area contributed by atoms with Crippen LogP contribution in [0.25, 0.3) is 0 Å². The summed E-state index contributed by atoms with van der Waals surface area (Å²) in [6.07, 6.45) is 0.846. The van der Waals surface area contributed by atoms with Crippen molar-refractivity contribution in [2.75, 3.05) is 30.4 Å². The second-order valence-electron chi connectivity index (χ2n) is 9.32. The number of anilines is 2. The van der Waals surface area contributed by atoms with Crippen LogP contribution in [0.5, 0.6) is 5.75 Å². The largest absolute Gasteiger partial charge is 0.495 e. The number of nitrogens with one attached hydrogen (secondary N) is 1. The fourth-order valence-corrected chi connectivity index (χ4v) is 4.35.